The van der Waals surface area contributed by atoms with Crippen molar-refractivity contribution < 1.29 is 13.3 Å². The molecule has 2 unspecified atom stereocenters. The molecule has 0 amide bonds. The van der Waals surface area contributed by atoms with Crippen LogP contribution in [0.5, 0.6) is 0 Å². The van der Waals surface area contributed by atoms with Crippen LogP contribution in [-0.4, -0.2) is 66.5 Å². The Morgan fingerprint density at radius 2 is 1.58 bits per heavy atom. The van der Waals surface area contributed by atoms with E-state index in [0.29, 0.717) is 16.6 Å². The molecule has 2 saturated heterocycles. The van der Waals surface area contributed by atoms with Crippen molar-refractivity contribution in [3.63, 3.8) is 0 Å². The summed E-state index contributed by atoms with van der Waals surface area (Å²) in [5.74, 6) is 0.119. The van der Waals surface area contributed by atoms with Crippen LogP contribution in [0.15, 0.2) is 102 Å². The lowest BCUT2D eigenvalue weighted by atomic mass is 9.96. The monoisotopic (exact) mass is 691 g/mol. The summed E-state index contributed by atoms with van der Waals surface area (Å²) in [5.41, 5.74) is 5.59. The minimum atomic E-state index is -4.20. The van der Waals surface area contributed by atoms with E-state index in [1.807, 2.05) is 43.0 Å². The molecule has 11 nitrogen and oxygen atoms in total. The van der Waals surface area contributed by atoms with Crippen LogP contribution in [0, 0.1) is 10.1 Å². The third-order valence-corrected chi connectivity index (χ3v) is 11.3. The number of anilines is 3. The number of piperazine rings is 1. The molecule has 1 N–H and O–H groups in total. The number of hydrogen-bond acceptors (Lipinski definition) is 9. The molecule has 0 saturated carbocycles. The molecule has 12 heteroatoms. The highest BCUT2D eigenvalue weighted by Gasteiger charge is 2.32. The fourth-order valence-electron chi connectivity index (χ4n) is 7.40. The van der Waals surface area contributed by atoms with Gasteiger partial charge in [0, 0.05) is 61.9 Å². The molecular weight excluding hydrogens is 651 g/mol. The van der Waals surface area contributed by atoms with Gasteiger partial charge in [0.2, 0.25) is 0 Å². The van der Waals surface area contributed by atoms with E-state index < -0.39 is 14.9 Å². The fraction of sp³-hybridized carbons (Fsp3) is 0.316. The number of piperidine rings is 1. The SMILES string of the molecule is CC1CCCC(C)N1c1ccc(S(=O)(=O)Nc2ncnc3cc(N4CCN(Cc5ccccc5-c5ccccc5)CC4)ccc23)cc1[N+](=O)[O-]. The van der Waals surface area contributed by atoms with Crippen molar-refractivity contribution in [2.75, 3.05) is 40.7 Å². The molecule has 4 aromatic carbocycles. The van der Waals surface area contributed by atoms with Crippen LogP contribution in [0.25, 0.3) is 22.0 Å². The third kappa shape index (κ3) is 6.86. The second-order valence-corrected chi connectivity index (χ2v) is 14.9. The Morgan fingerprint density at radius 1 is 0.860 bits per heavy atom. The zero-order valence-corrected chi connectivity index (χ0v) is 29.1. The van der Waals surface area contributed by atoms with E-state index in [9.17, 15) is 18.5 Å². The third-order valence-electron chi connectivity index (χ3n) is 10.0. The quantitative estimate of drug-likeness (QED) is 0.127. The van der Waals surface area contributed by atoms with Gasteiger partial charge < -0.3 is 9.80 Å². The Balaban J connectivity index is 1.06. The maximum absolute atomic E-state index is 13.6. The number of nitro benzene ring substituents is 1. The van der Waals surface area contributed by atoms with Crippen LogP contribution in [-0.2, 0) is 16.6 Å². The summed E-state index contributed by atoms with van der Waals surface area (Å²) in [5, 5.41) is 12.7. The molecule has 0 radical (unpaired) electrons. The van der Waals surface area contributed by atoms with Gasteiger partial charge in [0.1, 0.15) is 12.0 Å². The first-order chi connectivity index (χ1) is 24.2. The number of nitrogens with zero attached hydrogens (tertiary/aromatic N) is 6. The van der Waals surface area contributed by atoms with Crippen LogP contribution in [0.3, 0.4) is 0 Å². The molecule has 258 valence electrons. The molecule has 2 aliphatic heterocycles. The van der Waals surface area contributed by atoms with Gasteiger partial charge in [0.25, 0.3) is 15.7 Å². The standard InChI is InChI=1S/C38H41N7O4S/c1-27-9-8-10-28(2)44(27)36-18-16-32(24-37(36)45(46)47)50(48,49)41-38-34-17-15-31(23-35(34)39-26-40-38)43-21-19-42(20-22-43)25-30-13-6-7-14-33(30)29-11-4-3-5-12-29/h3-7,11-18,23-24,26-28H,8-10,19-22,25H2,1-2H3,(H,39,40,41). The Morgan fingerprint density at radius 3 is 2.32 bits per heavy atom. The summed E-state index contributed by atoms with van der Waals surface area (Å²) in [6.07, 6.45) is 4.23. The van der Waals surface area contributed by atoms with Crippen molar-refractivity contribution in [1.29, 1.82) is 0 Å². The number of fused-ring (bicyclic) bond motifs is 1. The summed E-state index contributed by atoms with van der Waals surface area (Å²) < 4.78 is 29.8. The number of rotatable bonds is 9. The van der Waals surface area contributed by atoms with Gasteiger partial charge in [-0.05, 0) is 80.1 Å². The zero-order valence-electron chi connectivity index (χ0n) is 28.3. The van der Waals surface area contributed by atoms with Gasteiger partial charge >= 0.3 is 0 Å². The van der Waals surface area contributed by atoms with Gasteiger partial charge in [-0.25, -0.2) is 18.4 Å². The first-order valence-electron chi connectivity index (χ1n) is 17.1. The van der Waals surface area contributed by atoms with Crippen LogP contribution in [0.4, 0.5) is 22.9 Å². The highest BCUT2D eigenvalue weighted by Crippen LogP contribution is 2.38. The van der Waals surface area contributed by atoms with Gasteiger partial charge in [-0.3, -0.25) is 19.7 Å². The molecule has 2 fully saturated rings. The molecule has 7 rings (SSSR count). The number of benzene rings is 4. The average molecular weight is 692 g/mol. The predicted molar refractivity (Wildman–Crippen MR) is 198 cm³/mol. The lowest BCUT2D eigenvalue weighted by Crippen LogP contribution is -2.46. The number of aromatic nitrogens is 2. The van der Waals surface area contributed by atoms with Crippen LogP contribution in [0.2, 0.25) is 0 Å². The summed E-state index contributed by atoms with van der Waals surface area (Å²) in [6.45, 7) is 8.44. The first kappa shape index (κ1) is 33.4. The van der Waals surface area contributed by atoms with E-state index in [-0.39, 0.29) is 28.5 Å². The number of sulfonamides is 1. The summed E-state index contributed by atoms with van der Waals surface area (Å²) >= 11 is 0. The van der Waals surface area contributed by atoms with Gasteiger partial charge in [-0.2, -0.15) is 0 Å². The first-order valence-corrected chi connectivity index (χ1v) is 18.6. The molecule has 0 aliphatic carbocycles. The molecule has 50 heavy (non-hydrogen) atoms. The van der Waals surface area contributed by atoms with Crippen LogP contribution < -0.4 is 14.5 Å². The van der Waals surface area contributed by atoms with Crippen molar-refractivity contribution in [2.24, 2.45) is 0 Å². The lowest BCUT2D eigenvalue weighted by molar-refractivity contribution is -0.384. The summed E-state index contributed by atoms with van der Waals surface area (Å²) in [6, 6.07) is 29.1. The molecule has 0 spiro atoms. The topological polar surface area (TPSA) is 125 Å². The summed E-state index contributed by atoms with van der Waals surface area (Å²) in [4.78, 5) is 27.0. The lowest BCUT2D eigenvalue weighted by Gasteiger charge is -2.40. The number of nitro groups is 1. The second-order valence-electron chi connectivity index (χ2n) is 13.3. The molecular formula is C38H41N7O4S. The van der Waals surface area contributed by atoms with Crippen LogP contribution >= 0.6 is 0 Å². The van der Waals surface area contributed by atoms with E-state index in [1.165, 1.54) is 29.1 Å². The Hall–Kier alpha value is -5.07. The zero-order chi connectivity index (χ0) is 34.8. The van der Waals surface area contributed by atoms with Crippen LogP contribution in [0.1, 0.15) is 38.7 Å². The minimum Gasteiger partial charge on any atom is -0.369 e. The average Bonchev–Trinajstić information content (AvgIpc) is 3.12. The molecule has 2 atom stereocenters. The fourth-order valence-corrected chi connectivity index (χ4v) is 8.45. The van der Waals surface area contributed by atoms with Crippen molar-refractivity contribution in [3.05, 3.63) is 113 Å². The maximum atomic E-state index is 13.6. The Kier molecular flexibility index (Phi) is 9.39. The summed E-state index contributed by atoms with van der Waals surface area (Å²) in [7, 11) is -4.20. The second kappa shape index (κ2) is 14.0. The minimum absolute atomic E-state index is 0.113. The van der Waals surface area contributed by atoms with Crippen molar-refractivity contribution in [2.45, 2.75) is 56.6 Å². The van der Waals surface area contributed by atoms with Gasteiger partial charge in [0.05, 0.1) is 15.3 Å². The van der Waals surface area contributed by atoms with Crippen molar-refractivity contribution in [1.82, 2.24) is 14.9 Å². The van der Waals surface area contributed by atoms with Gasteiger partial charge in [0.15, 0.2) is 5.82 Å². The Labute approximate surface area is 292 Å². The highest BCUT2D eigenvalue weighted by molar-refractivity contribution is 7.92. The molecule has 0 bridgehead atoms. The highest BCUT2D eigenvalue weighted by atomic mass is 32.2. The van der Waals surface area contributed by atoms with E-state index in [1.54, 1.807) is 6.07 Å². The molecule has 1 aromatic heterocycles. The molecule has 5 aromatic rings. The normalized spacial score (nSPS) is 18.7. The largest absolute Gasteiger partial charge is 0.369 e. The van der Waals surface area contributed by atoms with E-state index >= 15 is 0 Å². The van der Waals surface area contributed by atoms with Gasteiger partial charge in [-0.1, -0.05) is 54.6 Å². The Bertz CT molecular complexity index is 2110. The maximum Gasteiger partial charge on any atom is 0.293 e. The smallest absolute Gasteiger partial charge is 0.293 e. The van der Waals surface area contributed by atoms with Crippen molar-refractivity contribution >= 4 is 43.8 Å². The molecule has 2 aliphatic rings. The number of nitrogens with one attached hydrogen (secondary N) is 1. The van der Waals surface area contributed by atoms with Gasteiger partial charge in [-0.15, -0.1) is 0 Å². The number of hydrogen-bond donors (Lipinski definition) is 1. The van der Waals surface area contributed by atoms with E-state index in [0.717, 1.165) is 63.7 Å². The van der Waals surface area contributed by atoms with E-state index in [2.05, 4.69) is 73.0 Å². The van der Waals surface area contributed by atoms with E-state index in [4.69, 9.17) is 0 Å². The predicted octanol–water partition coefficient (Wildman–Crippen LogP) is 7.10. The molecule has 3 heterocycles. The van der Waals surface area contributed by atoms with Crippen molar-refractivity contribution in [3.8, 4) is 11.1 Å².